The summed E-state index contributed by atoms with van der Waals surface area (Å²) in [5.41, 5.74) is 6.16. The van der Waals surface area contributed by atoms with Crippen LogP contribution in [0.1, 0.15) is 11.7 Å². The number of methoxy groups -OCH3 is 1. The Morgan fingerprint density at radius 1 is 1.36 bits per heavy atom. The topological polar surface area (TPSA) is 75.7 Å². The second-order valence-electron chi connectivity index (χ2n) is 3.06. The van der Waals surface area contributed by atoms with Crippen LogP contribution in [0.25, 0.3) is 0 Å². The summed E-state index contributed by atoms with van der Waals surface area (Å²) < 4.78 is 4.97. The van der Waals surface area contributed by atoms with Crippen LogP contribution in [0.15, 0.2) is 24.3 Å². The molecule has 1 aromatic rings. The van der Waals surface area contributed by atoms with Crippen LogP contribution in [-0.2, 0) is 0 Å². The van der Waals surface area contributed by atoms with Crippen molar-refractivity contribution in [2.45, 2.75) is 12.1 Å². The number of nitrogens with two attached hydrogens (primary N) is 1. The fraction of sp³-hybridized carbons (Fsp3) is 0.400. The minimum absolute atomic E-state index is 0.243. The van der Waals surface area contributed by atoms with Crippen LogP contribution in [0.3, 0.4) is 0 Å². The lowest BCUT2D eigenvalue weighted by Crippen LogP contribution is -2.31. The third kappa shape index (κ3) is 2.45. The van der Waals surface area contributed by atoms with Crippen LogP contribution in [0.2, 0.25) is 0 Å². The molecule has 0 heterocycles. The Morgan fingerprint density at radius 3 is 2.36 bits per heavy atom. The average molecular weight is 197 g/mol. The number of ether oxygens (including phenoxy) is 1. The minimum atomic E-state index is -0.842. The summed E-state index contributed by atoms with van der Waals surface area (Å²) in [5, 5.41) is 18.4. The molecular weight excluding hydrogens is 182 g/mol. The van der Waals surface area contributed by atoms with Crippen molar-refractivity contribution in [1.82, 2.24) is 0 Å². The van der Waals surface area contributed by atoms with Gasteiger partial charge in [0.2, 0.25) is 0 Å². The Kier molecular flexibility index (Phi) is 3.88. The first-order valence-electron chi connectivity index (χ1n) is 4.37. The van der Waals surface area contributed by atoms with Crippen molar-refractivity contribution in [3.63, 3.8) is 0 Å². The summed E-state index contributed by atoms with van der Waals surface area (Å²) in [4.78, 5) is 0. The second-order valence-corrected chi connectivity index (χ2v) is 3.06. The van der Waals surface area contributed by atoms with Crippen molar-refractivity contribution in [3.8, 4) is 5.75 Å². The molecule has 14 heavy (non-hydrogen) atoms. The molecule has 0 spiro atoms. The van der Waals surface area contributed by atoms with Gasteiger partial charge in [-0.25, -0.2) is 0 Å². The molecule has 78 valence electrons. The maximum atomic E-state index is 9.63. The summed E-state index contributed by atoms with van der Waals surface area (Å²) >= 11 is 0. The molecule has 0 unspecified atom stereocenters. The number of rotatable bonds is 4. The zero-order valence-corrected chi connectivity index (χ0v) is 8.05. The first-order chi connectivity index (χ1) is 6.69. The van der Waals surface area contributed by atoms with Crippen molar-refractivity contribution in [1.29, 1.82) is 0 Å². The molecule has 0 aliphatic heterocycles. The summed E-state index contributed by atoms with van der Waals surface area (Å²) in [7, 11) is 1.57. The molecule has 0 aliphatic rings. The van der Waals surface area contributed by atoms with Gasteiger partial charge in [-0.05, 0) is 17.7 Å². The lowest BCUT2D eigenvalue weighted by atomic mass is 10.0. The van der Waals surface area contributed by atoms with Gasteiger partial charge in [0.25, 0.3) is 0 Å². The average Bonchev–Trinajstić information content (AvgIpc) is 2.27. The normalized spacial score (nSPS) is 14.9. The summed E-state index contributed by atoms with van der Waals surface area (Å²) in [6.07, 6.45) is -0.842. The van der Waals surface area contributed by atoms with E-state index >= 15 is 0 Å². The van der Waals surface area contributed by atoms with Crippen LogP contribution in [-0.4, -0.2) is 30.0 Å². The molecule has 1 rings (SSSR count). The third-order valence-corrected chi connectivity index (χ3v) is 2.07. The Balaban J connectivity index is 2.75. The number of aliphatic hydroxyl groups is 2. The monoisotopic (exact) mass is 197 g/mol. The molecule has 0 radical (unpaired) electrons. The largest absolute Gasteiger partial charge is 0.497 e. The summed E-state index contributed by atoms with van der Waals surface area (Å²) in [6, 6.07) is 6.27. The van der Waals surface area contributed by atoms with E-state index in [1.807, 2.05) is 0 Å². The molecule has 0 aliphatic carbocycles. The van der Waals surface area contributed by atoms with Crippen LogP contribution >= 0.6 is 0 Å². The van der Waals surface area contributed by atoms with E-state index in [0.717, 1.165) is 5.75 Å². The van der Waals surface area contributed by atoms with E-state index in [4.69, 9.17) is 15.6 Å². The molecule has 0 aromatic heterocycles. The van der Waals surface area contributed by atoms with Crippen LogP contribution in [0, 0.1) is 0 Å². The highest BCUT2D eigenvalue weighted by molar-refractivity contribution is 5.28. The molecule has 4 nitrogen and oxygen atoms in total. The Labute approximate surface area is 82.9 Å². The van der Waals surface area contributed by atoms with Gasteiger partial charge in [-0.15, -0.1) is 0 Å². The fourth-order valence-corrected chi connectivity index (χ4v) is 1.15. The maximum Gasteiger partial charge on any atom is 0.118 e. The smallest absolute Gasteiger partial charge is 0.118 e. The number of benzene rings is 1. The number of hydrogen-bond donors (Lipinski definition) is 3. The molecule has 4 N–H and O–H groups in total. The van der Waals surface area contributed by atoms with Crippen molar-refractivity contribution < 1.29 is 14.9 Å². The van der Waals surface area contributed by atoms with E-state index in [-0.39, 0.29) is 6.61 Å². The van der Waals surface area contributed by atoms with Gasteiger partial charge in [0.05, 0.1) is 25.9 Å². The first kappa shape index (κ1) is 11.0. The van der Waals surface area contributed by atoms with Crippen molar-refractivity contribution >= 4 is 0 Å². The molecule has 0 bridgehead atoms. The van der Waals surface area contributed by atoms with Gasteiger partial charge in [0, 0.05) is 0 Å². The predicted molar refractivity (Wildman–Crippen MR) is 53.0 cm³/mol. The van der Waals surface area contributed by atoms with Gasteiger partial charge < -0.3 is 20.7 Å². The van der Waals surface area contributed by atoms with E-state index in [0.29, 0.717) is 5.56 Å². The minimum Gasteiger partial charge on any atom is -0.497 e. The van der Waals surface area contributed by atoms with Crippen LogP contribution in [0.4, 0.5) is 0 Å². The Bertz CT molecular complexity index is 273. The molecule has 0 fully saturated rings. The molecule has 0 amide bonds. The van der Waals surface area contributed by atoms with Gasteiger partial charge in [-0.1, -0.05) is 12.1 Å². The van der Waals surface area contributed by atoms with E-state index in [2.05, 4.69) is 0 Å². The highest BCUT2D eigenvalue weighted by atomic mass is 16.5. The van der Waals surface area contributed by atoms with E-state index in [1.54, 1.807) is 31.4 Å². The first-order valence-corrected chi connectivity index (χ1v) is 4.37. The Morgan fingerprint density at radius 2 is 1.93 bits per heavy atom. The van der Waals surface area contributed by atoms with Crippen LogP contribution < -0.4 is 10.5 Å². The quantitative estimate of drug-likeness (QED) is 0.637. The zero-order chi connectivity index (χ0) is 10.6. The van der Waals surface area contributed by atoms with Crippen molar-refractivity contribution in [2.75, 3.05) is 13.7 Å². The second kappa shape index (κ2) is 4.95. The Hall–Kier alpha value is -1.10. The van der Waals surface area contributed by atoms with Gasteiger partial charge in [0.1, 0.15) is 5.75 Å². The highest BCUT2D eigenvalue weighted by Gasteiger charge is 2.15. The van der Waals surface area contributed by atoms with Crippen molar-refractivity contribution in [2.24, 2.45) is 5.73 Å². The van der Waals surface area contributed by atoms with Gasteiger partial charge in [-0.3, -0.25) is 0 Å². The standard InChI is InChI=1S/C10H15NO3/c1-14-8-4-2-7(3-5-8)10(13)9(11)6-12/h2-5,9-10,12-13H,6,11H2,1H3/t9-,10-/m0/s1. The molecule has 0 saturated heterocycles. The lowest BCUT2D eigenvalue weighted by Gasteiger charge is -2.16. The summed E-state index contributed by atoms with van der Waals surface area (Å²) in [5.74, 6) is 0.721. The zero-order valence-electron chi connectivity index (χ0n) is 8.05. The molecule has 4 heteroatoms. The number of aliphatic hydroxyl groups excluding tert-OH is 2. The van der Waals surface area contributed by atoms with Gasteiger partial charge in [0.15, 0.2) is 0 Å². The van der Waals surface area contributed by atoms with Gasteiger partial charge in [-0.2, -0.15) is 0 Å². The van der Waals surface area contributed by atoms with Crippen LogP contribution in [0.5, 0.6) is 5.75 Å². The highest BCUT2D eigenvalue weighted by Crippen LogP contribution is 2.19. The van der Waals surface area contributed by atoms with E-state index in [9.17, 15) is 5.11 Å². The van der Waals surface area contributed by atoms with E-state index < -0.39 is 12.1 Å². The predicted octanol–water partition coefficient (Wildman–Crippen LogP) is 0.0482. The third-order valence-electron chi connectivity index (χ3n) is 2.07. The van der Waals surface area contributed by atoms with Crippen molar-refractivity contribution in [3.05, 3.63) is 29.8 Å². The molecule has 0 saturated carbocycles. The molecule has 1 aromatic carbocycles. The summed E-state index contributed by atoms with van der Waals surface area (Å²) in [6.45, 7) is -0.243. The van der Waals surface area contributed by atoms with Gasteiger partial charge >= 0.3 is 0 Å². The lowest BCUT2D eigenvalue weighted by molar-refractivity contribution is 0.109. The SMILES string of the molecule is COc1ccc([C@H](O)[C@@H](N)CO)cc1. The molecule has 2 atom stereocenters. The fourth-order valence-electron chi connectivity index (χ4n) is 1.15. The van der Waals surface area contributed by atoms with E-state index in [1.165, 1.54) is 0 Å². The maximum absolute atomic E-state index is 9.63. The number of hydrogen-bond acceptors (Lipinski definition) is 4. The molecular formula is C10H15NO3.